The van der Waals surface area contributed by atoms with Crippen LogP contribution in [0.25, 0.3) is 5.69 Å². The number of hydrogen-bond donors (Lipinski definition) is 2. The Kier molecular flexibility index (Phi) is 7.61. The fraction of sp³-hybridized carbons (Fsp3) is 0.167. The molecule has 174 valence electrons. The van der Waals surface area contributed by atoms with Gasteiger partial charge in [-0.3, -0.25) is 25.0 Å². The van der Waals surface area contributed by atoms with E-state index in [0.717, 1.165) is 22.6 Å². The number of aryl methyl sites for hydroxylation is 2. The third-order valence-corrected chi connectivity index (χ3v) is 6.66. The summed E-state index contributed by atoms with van der Waals surface area (Å²) in [6.07, 6.45) is 0. The first kappa shape index (κ1) is 23.5. The van der Waals surface area contributed by atoms with Crippen molar-refractivity contribution >= 4 is 34.9 Å². The van der Waals surface area contributed by atoms with Gasteiger partial charge in [0, 0.05) is 5.69 Å². The van der Waals surface area contributed by atoms with Gasteiger partial charge in [-0.05, 0) is 48.6 Å². The van der Waals surface area contributed by atoms with E-state index >= 15 is 0 Å². The van der Waals surface area contributed by atoms with Crippen molar-refractivity contribution in [3.63, 3.8) is 0 Å². The van der Waals surface area contributed by atoms with Gasteiger partial charge in [-0.25, -0.2) is 0 Å². The van der Waals surface area contributed by atoms with E-state index in [2.05, 4.69) is 21.0 Å². The number of benzene rings is 2. The minimum Gasteiger partial charge on any atom is -0.485 e. The van der Waals surface area contributed by atoms with E-state index < -0.39 is 0 Å². The molecule has 0 atom stereocenters. The second-order valence-electron chi connectivity index (χ2n) is 7.35. The predicted molar refractivity (Wildman–Crippen MR) is 132 cm³/mol. The number of thioether (sulfide) groups is 1. The zero-order valence-electron chi connectivity index (χ0n) is 18.6. The largest absolute Gasteiger partial charge is 0.485 e. The van der Waals surface area contributed by atoms with Gasteiger partial charge in [-0.15, -0.1) is 21.5 Å². The maximum absolute atomic E-state index is 12.3. The van der Waals surface area contributed by atoms with Crippen LogP contribution in [0.4, 0.5) is 0 Å². The standard InChI is InChI=1S/C24H23N5O3S2/c1-16-8-6-9-17(2)22(16)32-14-20-25-28-24(29(20)18-10-4-3-5-11-18)34-15-21(30)26-27-23(31)19-12-7-13-33-19/h3-13H,14-15H2,1-2H3,(H,26,30)(H,27,31). The highest BCUT2D eigenvalue weighted by atomic mass is 32.2. The molecule has 0 fully saturated rings. The molecule has 0 saturated heterocycles. The van der Waals surface area contributed by atoms with Crippen LogP contribution in [0, 0.1) is 13.8 Å². The third-order valence-electron chi connectivity index (χ3n) is 4.86. The molecule has 2 aromatic carbocycles. The van der Waals surface area contributed by atoms with E-state index in [1.165, 1.54) is 23.1 Å². The molecule has 34 heavy (non-hydrogen) atoms. The van der Waals surface area contributed by atoms with Crippen LogP contribution < -0.4 is 15.6 Å². The lowest BCUT2D eigenvalue weighted by Crippen LogP contribution is -2.42. The zero-order valence-corrected chi connectivity index (χ0v) is 20.3. The van der Waals surface area contributed by atoms with Gasteiger partial charge in [-0.2, -0.15) is 0 Å². The number of hydrazine groups is 1. The fourth-order valence-corrected chi connectivity index (χ4v) is 4.64. The topological polar surface area (TPSA) is 98.1 Å². The first-order chi connectivity index (χ1) is 16.5. The van der Waals surface area contributed by atoms with Gasteiger partial charge in [0.15, 0.2) is 11.0 Å². The molecular formula is C24H23N5O3S2. The van der Waals surface area contributed by atoms with Gasteiger partial charge in [0.25, 0.3) is 5.91 Å². The number of carbonyl (C=O) groups is 2. The summed E-state index contributed by atoms with van der Waals surface area (Å²) in [5, 5.41) is 11.0. The summed E-state index contributed by atoms with van der Waals surface area (Å²) in [5.74, 6) is 0.772. The summed E-state index contributed by atoms with van der Waals surface area (Å²) in [6, 6.07) is 19.1. The molecule has 0 aliphatic carbocycles. The number of rotatable bonds is 8. The molecule has 10 heteroatoms. The summed E-state index contributed by atoms with van der Waals surface area (Å²) in [7, 11) is 0. The average molecular weight is 494 g/mol. The number of aromatic nitrogens is 3. The molecule has 4 aromatic rings. The monoisotopic (exact) mass is 493 g/mol. The summed E-state index contributed by atoms with van der Waals surface area (Å²) in [5.41, 5.74) is 7.80. The van der Waals surface area contributed by atoms with Crippen LogP contribution in [-0.4, -0.2) is 32.3 Å². The Morgan fingerprint density at radius 3 is 2.44 bits per heavy atom. The van der Waals surface area contributed by atoms with Gasteiger partial charge < -0.3 is 4.74 Å². The molecule has 0 unspecified atom stereocenters. The van der Waals surface area contributed by atoms with E-state index in [-0.39, 0.29) is 24.2 Å². The van der Waals surface area contributed by atoms with Crippen molar-refractivity contribution in [3.8, 4) is 11.4 Å². The van der Waals surface area contributed by atoms with Crippen molar-refractivity contribution in [1.82, 2.24) is 25.6 Å². The molecule has 2 N–H and O–H groups in total. The Hall–Kier alpha value is -3.63. The van der Waals surface area contributed by atoms with Gasteiger partial charge in [-0.1, -0.05) is 54.2 Å². The first-order valence-corrected chi connectivity index (χ1v) is 12.3. The van der Waals surface area contributed by atoms with Gasteiger partial charge >= 0.3 is 0 Å². The molecule has 2 heterocycles. The molecule has 4 rings (SSSR count). The number of nitrogens with zero attached hydrogens (tertiary/aromatic N) is 3. The number of amides is 2. The lowest BCUT2D eigenvalue weighted by atomic mass is 10.1. The van der Waals surface area contributed by atoms with Gasteiger partial charge in [0.05, 0.1) is 10.6 Å². The molecular weight excluding hydrogens is 470 g/mol. The van der Waals surface area contributed by atoms with E-state index in [1.807, 2.05) is 66.9 Å². The number of ether oxygens (including phenoxy) is 1. The molecule has 0 bridgehead atoms. The van der Waals surface area contributed by atoms with Crippen LogP contribution in [0.5, 0.6) is 5.75 Å². The smallest absolute Gasteiger partial charge is 0.279 e. The normalized spacial score (nSPS) is 10.6. The molecule has 0 saturated carbocycles. The van der Waals surface area contributed by atoms with E-state index in [1.54, 1.807) is 17.5 Å². The van der Waals surface area contributed by atoms with Crippen LogP contribution >= 0.6 is 23.1 Å². The van der Waals surface area contributed by atoms with Crippen molar-refractivity contribution in [2.24, 2.45) is 0 Å². The summed E-state index contributed by atoms with van der Waals surface area (Å²) in [4.78, 5) is 24.8. The highest BCUT2D eigenvalue weighted by Gasteiger charge is 2.17. The van der Waals surface area contributed by atoms with E-state index in [9.17, 15) is 9.59 Å². The second kappa shape index (κ2) is 11.0. The number of thiophene rings is 1. The molecule has 0 aliphatic heterocycles. The molecule has 2 aromatic heterocycles. The van der Waals surface area contributed by atoms with Crippen LogP contribution in [0.2, 0.25) is 0 Å². The van der Waals surface area contributed by atoms with Crippen molar-refractivity contribution in [1.29, 1.82) is 0 Å². The first-order valence-electron chi connectivity index (χ1n) is 10.5. The number of nitrogens with one attached hydrogen (secondary N) is 2. The van der Waals surface area contributed by atoms with Crippen LogP contribution in [-0.2, 0) is 11.4 Å². The van der Waals surface area contributed by atoms with Gasteiger partial charge in [0.2, 0.25) is 5.91 Å². The molecule has 8 nitrogen and oxygen atoms in total. The van der Waals surface area contributed by atoms with Gasteiger partial charge in [0.1, 0.15) is 12.4 Å². The number of carbonyl (C=O) groups excluding carboxylic acids is 2. The summed E-state index contributed by atoms with van der Waals surface area (Å²) in [6.45, 7) is 4.22. The third kappa shape index (κ3) is 5.64. The molecule has 0 aliphatic rings. The van der Waals surface area contributed by atoms with Crippen LogP contribution in [0.3, 0.4) is 0 Å². The Balaban J connectivity index is 1.45. The van der Waals surface area contributed by atoms with Crippen LogP contribution in [0.1, 0.15) is 26.6 Å². The maximum atomic E-state index is 12.3. The maximum Gasteiger partial charge on any atom is 0.279 e. The van der Waals surface area contributed by atoms with Crippen molar-refractivity contribution in [3.05, 3.63) is 87.9 Å². The SMILES string of the molecule is Cc1cccc(C)c1OCc1nnc(SCC(=O)NNC(=O)c2cccs2)n1-c1ccccc1. The minimum absolute atomic E-state index is 0.0491. The number of hydrogen-bond acceptors (Lipinski definition) is 7. The Labute approximate surface area is 205 Å². The van der Waals surface area contributed by atoms with Crippen molar-refractivity contribution in [2.45, 2.75) is 25.6 Å². The lowest BCUT2D eigenvalue weighted by molar-refractivity contribution is -0.119. The van der Waals surface area contributed by atoms with Crippen LogP contribution in [0.15, 0.2) is 71.2 Å². The summed E-state index contributed by atoms with van der Waals surface area (Å²) < 4.78 is 7.97. The predicted octanol–water partition coefficient (Wildman–Crippen LogP) is 4.08. The molecule has 2 amide bonds. The van der Waals surface area contributed by atoms with E-state index in [4.69, 9.17) is 4.74 Å². The average Bonchev–Trinajstić information content (AvgIpc) is 3.52. The fourth-order valence-electron chi connectivity index (χ4n) is 3.25. The number of para-hydroxylation sites is 2. The highest BCUT2D eigenvalue weighted by Crippen LogP contribution is 2.26. The van der Waals surface area contributed by atoms with E-state index in [0.29, 0.717) is 15.9 Å². The molecule has 0 radical (unpaired) electrons. The minimum atomic E-state index is -0.356. The summed E-state index contributed by atoms with van der Waals surface area (Å²) >= 11 is 2.52. The Bertz CT molecular complexity index is 1250. The molecule has 0 spiro atoms. The van der Waals surface area contributed by atoms with Crippen molar-refractivity contribution < 1.29 is 14.3 Å². The Morgan fingerprint density at radius 1 is 0.971 bits per heavy atom. The zero-order chi connectivity index (χ0) is 23.9. The van der Waals surface area contributed by atoms with Crippen molar-refractivity contribution in [2.75, 3.05) is 5.75 Å². The quantitative estimate of drug-likeness (QED) is 0.284. The lowest BCUT2D eigenvalue weighted by Gasteiger charge is -2.13. The highest BCUT2D eigenvalue weighted by molar-refractivity contribution is 7.99. The Morgan fingerprint density at radius 2 is 1.74 bits per heavy atom. The second-order valence-corrected chi connectivity index (χ2v) is 9.24.